The number of nitro groups is 1. The number of amides is 1. The van der Waals surface area contributed by atoms with Crippen molar-refractivity contribution in [2.45, 2.75) is 24.3 Å². The second-order valence-electron chi connectivity index (χ2n) is 4.29. The monoisotopic (exact) mass is 317 g/mol. The van der Waals surface area contributed by atoms with E-state index in [0.717, 1.165) is 24.3 Å². The summed E-state index contributed by atoms with van der Waals surface area (Å²) >= 11 is 0. The number of rotatable bonds is 7. The Labute approximate surface area is 121 Å². The lowest BCUT2D eigenvalue weighted by molar-refractivity contribution is -0.384. The van der Waals surface area contributed by atoms with Crippen LogP contribution < -0.4 is 10.0 Å². The lowest BCUT2D eigenvalue weighted by Gasteiger charge is -2.14. The SMILES string of the molecule is CC(CCNC(=O)O)NS(=O)(=O)c1ccc([N+](=O)[O-])cc1. The first-order chi connectivity index (χ1) is 9.72. The van der Waals surface area contributed by atoms with Gasteiger partial charge < -0.3 is 10.4 Å². The van der Waals surface area contributed by atoms with Crippen molar-refractivity contribution in [3.8, 4) is 0 Å². The van der Waals surface area contributed by atoms with Crippen molar-refractivity contribution in [2.75, 3.05) is 6.54 Å². The number of carbonyl (C=O) groups is 1. The van der Waals surface area contributed by atoms with Gasteiger partial charge in [-0.3, -0.25) is 10.1 Å². The number of benzene rings is 1. The molecule has 0 heterocycles. The highest BCUT2D eigenvalue weighted by Gasteiger charge is 2.18. The van der Waals surface area contributed by atoms with Gasteiger partial charge in [0, 0.05) is 24.7 Å². The van der Waals surface area contributed by atoms with Crippen LogP contribution >= 0.6 is 0 Å². The third-order valence-corrected chi connectivity index (χ3v) is 4.17. The van der Waals surface area contributed by atoms with Crippen molar-refractivity contribution in [2.24, 2.45) is 0 Å². The normalized spacial score (nSPS) is 12.6. The molecule has 9 nitrogen and oxygen atoms in total. The van der Waals surface area contributed by atoms with Crippen LogP contribution in [0.4, 0.5) is 10.5 Å². The Morgan fingerprint density at radius 2 is 1.95 bits per heavy atom. The van der Waals surface area contributed by atoms with Crippen LogP contribution in [0.3, 0.4) is 0 Å². The fourth-order valence-electron chi connectivity index (χ4n) is 1.53. The van der Waals surface area contributed by atoms with E-state index in [0.29, 0.717) is 0 Å². The van der Waals surface area contributed by atoms with E-state index in [1.54, 1.807) is 6.92 Å². The Bertz CT molecular complexity index is 613. The maximum absolute atomic E-state index is 12.0. The summed E-state index contributed by atoms with van der Waals surface area (Å²) in [5, 5.41) is 21.0. The van der Waals surface area contributed by atoms with Gasteiger partial charge in [0.15, 0.2) is 0 Å². The first kappa shape index (κ1) is 16.9. The molecule has 0 aliphatic carbocycles. The highest BCUT2D eigenvalue weighted by atomic mass is 32.2. The summed E-state index contributed by atoms with van der Waals surface area (Å²) < 4.78 is 26.4. The van der Waals surface area contributed by atoms with Gasteiger partial charge in [-0.25, -0.2) is 17.9 Å². The number of sulfonamides is 1. The maximum Gasteiger partial charge on any atom is 0.404 e. The zero-order chi connectivity index (χ0) is 16.0. The molecule has 1 rings (SSSR count). The topological polar surface area (TPSA) is 139 Å². The summed E-state index contributed by atoms with van der Waals surface area (Å²) in [4.78, 5) is 20.1. The lowest BCUT2D eigenvalue weighted by atomic mass is 10.2. The second kappa shape index (κ2) is 6.99. The van der Waals surface area contributed by atoms with Crippen LogP contribution in [-0.4, -0.2) is 37.1 Å². The molecule has 3 N–H and O–H groups in total. The van der Waals surface area contributed by atoms with Crippen LogP contribution in [0.1, 0.15) is 13.3 Å². The molecule has 0 radical (unpaired) electrons. The van der Waals surface area contributed by atoms with Gasteiger partial charge in [-0.2, -0.15) is 0 Å². The zero-order valence-electron chi connectivity index (χ0n) is 11.1. The smallest absolute Gasteiger partial charge is 0.404 e. The molecular weight excluding hydrogens is 302 g/mol. The molecule has 0 saturated carbocycles. The van der Waals surface area contributed by atoms with E-state index in [1.165, 1.54) is 0 Å². The standard InChI is InChI=1S/C11H15N3O6S/c1-8(6-7-12-11(15)16)13-21(19,20)10-4-2-9(3-5-10)14(17)18/h2-5,8,12-13H,6-7H2,1H3,(H,15,16). The summed E-state index contributed by atoms with van der Waals surface area (Å²) in [6.45, 7) is 1.70. The molecule has 21 heavy (non-hydrogen) atoms. The van der Waals surface area contributed by atoms with E-state index in [1.807, 2.05) is 0 Å². The van der Waals surface area contributed by atoms with Gasteiger partial charge in [0.25, 0.3) is 5.69 Å². The second-order valence-corrected chi connectivity index (χ2v) is 6.01. The Balaban J connectivity index is 2.68. The zero-order valence-corrected chi connectivity index (χ0v) is 12.0. The summed E-state index contributed by atoms with van der Waals surface area (Å²) in [7, 11) is -3.80. The van der Waals surface area contributed by atoms with E-state index >= 15 is 0 Å². The molecule has 0 fully saturated rings. The molecule has 10 heteroatoms. The van der Waals surface area contributed by atoms with Gasteiger partial charge in [0.1, 0.15) is 0 Å². The number of non-ortho nitro benzene ring substituents is 1. The molecule has 0 saturated heterocycles. The summed E-state index contributed by atoms with van der Waals surface area (Å²) in [5.74, 6) is 0. The molecule has 0 bridgehead atoms. The average molecular weight is 317 g/mol. The number of nitrogens with zero attached hydrogens (tertiary/aromatic N) is 1. The summed E-state index contributed by atoms with van der Waals surface area (Å²) in [6, 6.07) is 4.00. The molecule has 1 amide bonds. The lowest BCUT2D eigenvalue weighted by Crippen LogP contribution is -2.35. The Kier molecular flexibility index (Phi) is 5.61. The van der Waals surface area contributed by atoms with E-state index in [9.17, 15) is 23.3 Å². The van der Waals surface area contributed by atoms with E-state index in [4.69, 9.17) is 5.11 Å². The van der Waals surface area contributed by atoms with E-state index in [-0.39, 0.29) is 23.5 Å². The number of carboxylic acid groups (broad SMARTS) is 1. The van der Waals surface area contributed by atoms with Crippen molar-refractivity contribution in [3.63, 3.8) is 0 Å². The molecule has 1 unspecified atom stereocenters. The van der Waals surface area contributed by atoms with Crippen LogP contribution in [0.5, 0.6) is 0 Å². The molecular formula is C11H15N3O6S. The predicted octanol–water partition coefficient (Wildman–Crippen LogP) is 0.919. The first-order valence-electron chi connectivity index (χ1n) is 5.96. The third-order valence-electron chi connectivity index (χ3n) is 2.57. The van der Waals surface area contributed by atoms with Crippen LogP contribution in [0.15, 0.2) is 29.2 Å². The number of nitrogens with one attached hydrogen (secondary N) is 2. The Morgan fingerprint density at radius 1 is 1.38 bits per heavy atom. The number of hydrogen-bond donors (Lipinski definition) is 3. The Morgan fingerprint density at radius 3 is 2.43 bits per heavy atom. The molecule has 0 aromatic heterocycles. The summed E-state index contributed by atoms with van der Waals surface area (Å²) in [6.07, 6.45) is -0.904. The van der Waals surface area contributed by atoms with Gasteiger partial charge in [-0.15, -0.1) is 0 Å². The quantitative estimate of drug-likeness (QED) is 0.505. The minimum atomic E-state index is -3.80. The Hall–Kier alpha value is -2.20. The van der Waals surface area contributed by atoms with Gasteiger partial charge in [-0.1, -0.05) is 0 Å². The van der Waals surface area contributed by atoms with Gasteiger partial charge in [-0.05, 0) is 25.5 Å². The van der Waals surface area contributed by atoms with Crippen molar-refractivity contribution in [3.05, 3.63) is 34.4 Å². The first-order valence-corrected chi connectivity index (χ1v) is 7.44. The number of hydrogen-bond acceptors (Lipinski definition) is 5. The fraction of sp³-hybridized carbons (Fsp3) is 0.364. The largest absolute Gasteiger partial charge is 0.465 e. The average Bonchev–Trinajstić information content (AvgIpc) is 2.37. The summed E-state index contributed by atoms with van der Waals surface area (Å²) in [5.41, 5.74) is -0.201. The van der Waals surface area contributed by atoms with Gasteiger partial charge >= 0.3 is 6.09 Å². The van der Waals surface area contributed by atoms with E-state index in [2.05, 4.69) is 10.0 Å². The van der Waals surface area contributed by atoms with Crippen LogP contribution in [0, 0.1) is 10.1 Å². The predicted molar refractivity (Wildman–Crippen MR) is 73.5 cm³/mol. The molecule has 0 aliphatic heterocycles. The molecule has 0 aliphatic rings. The van der Waals surface area contributed by atoms with Crippen LogP contribution in [0.25, 0.3) is 0 Å². The number of nitro benzene ring substituents is 1. The minimum absolute atomic E-state index is 0.0915. The van der Waals surface area contributed by atoms with E-state index < -0.39 is 27.1 Å². The van der Waals surface area contributed by atoms with Crippen LogP contribution in [0.2, 0.25) is 0 Å². The van der Waals surface area contributed by atoms with Gasteiger partial charge in [0.05, 0.1) is 9.82 Å². The van der Waals surface area contributed by atoms with Crippen molar-refractivity contribution < 1.29 is 23.2 Å². The highest BCUT2D eigenvalue weighted by Crippen LogP contribution is 2.16. The minimum Gasteiger partial charge on any atom is -0.465 e. The molecule has 116 valence electrons. The molecule has 1 aromatic carbocycles. The van der Waals surface area contributed by atoms with Gasteiger partial charge in [0.2, 0.25) is 10.0 Å². The maximum atomic E-state index is 12.0. The van der Waals surface area contributed by atoms with Crippen LogP contribution in [-0.2, 0) is 10.0 Å². The molecule has 1 atom stereocenters. The van der Waals surface area contributed by atoms with Crippen molar-refractivity contribution in [1.29, 1.82) is 0 Å². The van der Waals surface area contributed by atoms with Crippen molar-refractivity contribution in [1.82, 2.24) is 10.0 Å². The third kappa shape index (κ3) is 5.36. The molecule has 0 spiro atoms. The molecule has 1 aromatic rings. The van der Waals surface area contributed by atoms with Crippen molar-refractivity contribution >= 4 is 21.8 Å². The highest BCUT2D eigenvalue weighted by molar-refractivity contribution is 7.89. The fourth-order valence-corrected chi connectivity index (χ4v) is 2.81.